The molecule has 0 saturated carbocycles. The molecule has 0 saturated heterocycles. The molecule has 0 heterocycles. The molecule has 25 heavy (non-hydrogen) atoms. The zero-order chi connectivity index (χ0) is 18.1. The largest absolute Gasteiger partial charge is 0.493 e. The minimum atomic E-state index is 0.542. The second-order valence-electron chi connectivity index (χ2n) is 5.47. The van der Waals surface area contributed by atoms with E-state index in [-0.39, 0.29) is 0 Å². The predicted molar refractivity (Wildman–Crippen MR) is 96.5 cm³/mol. The third-order valence-corrected chi connectivity index (χ3v) is 3.67. The number of hydrogen-bond donors (Lipinski definition) is 2. The van der Waals surface area contributed by atoms with Gasteiger partial charge < -0.3 is 19.9 Å². The maximum absolute atomic E-state index is 8.73. The van der Waals surface area contributed by atoms with Gasteiger partial charge in [0.25, 0.3) is 0 Å². The van der Waals surface area contributed by atoms with Gasteiger partial charge in [0.15, 0.2) is 0 Å². The van der Waals surface area contributed by atoms with Crippen LogP contribution in [0.25, 0.3) is 0 Å². The van der Waals surface area contributed by atoms with Crippen molar-refractivity contribution < 1.29 is 19.9 Å². The van der Waals surface area contributed by atoms with Gasteiger partial charge in [-0.05, 0) is 73.5 Å². The topological polar surface area (TPSA) is 83.6 Å². The molecule has 0 bridgehead atoms. The van der Waals surface area contributed by atoms with E-state index in [1.165, 1.54) is 0 Å². The molecule has 0 aromatic heterocycles. The van der Waals surface area contributed by atoms with E-state index in [2.05, 4.69) is 10.3 Å². The Morgan fingerprint density at radius 2 is 1.08 bits per heavy atom. The minimum Gasteiger partial charge on any atom is -0.493 e. The summed E-state index contributed by atoms with van der Waals surface area (Å²) >= 11 is 0. The first kappa shape index (κ1) is 18.3. The van der Waals surface area contributed by atoms with Crippen LogP contribution in [0.4, 0.5) is 0 Å². The van der Waals surface area contributed by atoms with E-state index in [1.54, 1.807) is 13.8 Å². The molecule has 2 rings (SSSR count). The van der Waals surface area contributed by atoms with Crippen molar-refractivity contribution in [2.45, 2.75) is 20.3 Å². The van der Waals surface area contributed by atoms with E-state index in [4.69, 9.17) is 19.9 Å². The average Bonchev–Trinajstić information content (AvgIpc) is 2.67. The monoisotopic (exact) mass is 342 g/mol. The lowest BCUT2D eigenvalue weighted by Crippen LogP contribution is -2.05. The molecule has 0 atom stereocenters. The minimum absolute atomic E-state index is 0.542. The Morgan fingerprint density at radius 1 is 0.720 bits per heavy atom. The van der Waals surface area contributed by atoms with Crippen molar-refractivity contribution >= 4 is 11.4 Å². The molecule has 0 amide bonds. The van der Waals surface area contributed by atoms with Crippen LogP contribution in [0.3, 0.4) is 0 Å². The van der Waals surface area contributed by atoms with E-state index in [9.17, 15) is 0 Å². The predicted octanol–water partition coefficient (Wildman–Crippen LogP) is 3.93. The summed E-state index contributed by atoms with van der Waals surface area (Å²) in [5, 5.41) is 23.8. The van der Waals surface area contributed by atoms with Crippen molar-refractivity contribution in [3.63, 3.8) is 0 Å². The van der Waals surface area contributed by atoms with E-state index in [0.717, 1.165) is 29.0 Å². The van der Waals surface area contributed by atoms with Gasteiger partial charge in [0.1, 0.15) is 11.5 Å². The lowest BCUT2D eigenvalue weighted by atomic mass is 10.1. The zero-order valence-electron chi connectivity index (χ0n) is 14.3. The Bertz CT molecular complexity index is 659. The van der Waals surface area contributed by atoms with E-state index >= 15 is 0 Å². The number of benzene rings is 2. The van der Waals surface area contributed by atoms with E-state index in [0.29, 0.717) is 24.6 Å². The molecule has 2 aromatic carbocycles. The third kappa shape index (κ3) is 5.53. The standard InChI is InChI=1S/C19H22N2O4/c1-14(20-22)16-4-8-18(9-5-16)24-12-3-13-25-19-10-6-17(7-11-19)15(2)21-23/h4-11,22-23H,3,12-13H2,1-2H3. The van der Waals surface area contributed by atoms with Crippen LogP contribution in [0.15, 0.2) is 58.8 Å². The number of nitrogens with zero attached hydrogens (tertiary/aromatic N) is 2. The van der Waals surface area contributed by atoms with Crippen LogP contribution in [0, 0.1) is 0 Å². The molecule has 0 spiro atoms. The van der Waals surface area contributed by atoms with Crippen molar-refractivity contribution in [1.82, 2.24) is 0 Å². The summed E-state index contributed by atoms with van der Waals surface area (Å²) in [6.45, 7) is 4.55. The summed E-state index contributed by atoms with van der Waals surface area (Å²) in [4.78, 5) is 0. The highest BCUT2D eigenvalue weighted by Crippen LogP contribution is 2.15. The molecule has 0 aliphatic rings. The zero-order valence-corrected chi connectivity index (χ0v) is 14.3. The number of ether oxygens (including phenoxy) is 2. The first-order chi connectivity index (χ1) is 12.1. The average molecular weight is 342 g/mol. The van der Waals surface area contributed by atoms with Gasteiger partial charge in [-0.2, -0.15) is 0 Å². The van der Waals surface area contributed by atoms with Crippen molar-refractivity contribution in [3.8, 4) is 11.5 Å². The molecule has 0 fully saturated rings. The summed E-state index contributed by atoms with van der Waals surface area (Å²) in [5.41, 5.74) is 2.82. The molecule has 0 unspecified atom stereocenters. The summed E-state index contributed by atoms with van der Waals surface area (Å²) in [6, 6.07) is 14.8. The molecule has 6 heteroatoms. The van der Waals surface area contributed by atoms with Crippen LogP contribution in [0.2, 0.25) is 0 Å². The molecular formula is C19H22N2O4. The quantitative estimate of drug-likeness (QED) is 0.329. The van der Waals surface area contributed by atoms with Crippen molar-refractivity contribution in [1.29, 1.82) is 0 Å². The summed E-state index contributed by atoms with van der Waals surface area (Å²) < 4.78 is 11.3. The highest BCUT2D eigenvalue weighted by Gasteiger charge is 2.01. The molecule has 2 aromatic rings. The van der Waals surface area contributed by atoms with Crippen LogP contribution in [0.5, 0.6) is 11.5 Å². The SMILES string of the molecule is CC(=NO)c1ccc(OCCCOc2ccc(C(C)=NO)cc2)cc1. The normalized spacial score (nSPS) is 12.1. The number of oxime groups is 2. The van der Waals surface area contributed by atoms with Gasteiger partial charge in [0, 0.05) is 6.42 Å². The molecule has 0 aliphatic heterocycles. The van der Waals surface area contributed by atoms with Gasteiger partial charge in [-0.25, -0.2) is 0 Å². The molecule has 6 nitrogen and oxygen atoms in total. The van der Waals surface area contributed by atoms with Gasteiger partial charge in [-0.15, -0.1) is 0 Å². The number of rotatable bonds is 8. The molecule has 0 aliphatic carbocycles. The second kappa shape index (κ2) is 9.32. The van der Waals surface area contributed by atoms with Gasteiger partial charge in [0.2, 0.25) is 0 Å². The van der Waals surface area contributed by atoms with Crippen LogP contribution in [-0.2, 0) is 0 Å². The van der Waals surface area contributed by atoms with Crippen LogP contribution < -0.4 is 9.47 Å². The molecular weight excluding hydrogens is 320 g/mol. The fourth-order valence-corrected chi connectivity index (χ4v) is 2.14. The first-order valence-electron chi connectivity index (χ1n) is 7.98. The lowest BCUT2D eigenvalue weighted by molar-refractivity contribution is 0.247. The fourth-order valence-electron chi connectivity index (χ4n) is 2.14. The second-order valence-corrected chi connectivity index (χ2v) is 5.47. The summed E-state index contributed by atoms with van der Waals surface area (Å²) in [5.74, 6) is 1.52. The van der Waals surface area contributed by atoms with Crippen LogP contribution in [0.1, 0.15) is 31.4 Å². The van der Waals surface area contributed by atoms with Gasteiger partial charge in [-0.1, -0.05) is 10.3 Å². The van der Waals surface area contributed by atoms with Crippen molar-refractivity contribution in [2.75, 3.05) is 13.2 Å². The van der Waals surface area contributed by atoms with Crippen LogP contribution in [-0.4, -0.2) is 35.1 Å². The molecule has 132 valence electrons. The van der Waals surface area contributed by atoms with Crippen molar-refractivity contribution in [2.24, 2.45) is 10.3 Å². The van der Waals surface area contributed by atoms with Crippen molar-refractivity contribution in [3.05, 3.63) is 59.7 Å². The Hall–Kier alpha value is -3.02. The Balaban J connectivity index is 1.71. The van der Waals surface area contributed by atoms with E-state index in [1.807, 2.05) is 48.5 Å². The Kier molecular flexibility index (Phi) is 6.83. The third-order valence-electron chi connectivity index (χ3n) is 3.67. The highest BCUT2D eigenvalue weighted by molar-refractivity contribution is 5.98. The fraction of sp³-hybridized carbons (Fsp3) is 0.263. The highest BCUT2D eigenvalue weighted by atomic mass is 16.5. The molecule has 0 radical (unpaired) electrons. The van der Waals surface area contributed by atoms with Crippen LogP contribution >= 0.6 is 0 Å². The molecule has 2 N–H and O–H groups in total. The van der Waals surface area contributed by atoms with Gasteiger partial charge in [0.05, 0.1) is 24.6 Å². The summed E-state index contributed by atoms with van der Waals surface area (Å²) in [6.07, 6.45) is 0.748. The first-order valence-corrected chi connectivity index (χ1v) is 7.98. The number of hydrogen-bond acceptors (Lipinski definition) is 6. The maximum atomic E-state index is 8.73. The maximum Gasteiger partial charge on any atom is 0.119 e. The lowest BCUT2D eigenvalue weighted by Gasteiger charge is -2.09. The Labute approximate surface area is 147 Å². The van der Waals surface area contributed by atoms with E-state index < -0.39 is 0 Å². The van der Waals surface area contributed by atoms with Gasteiger partial charge >= 0.3 is 0 Å². The smallest absolute Gasteiger partial charge is 0.119 e. The van der Waals surface area contributed by atoms with Gasteiger partial charge in [-0.3, -0.25) is 0 Å². The summed E-state index contributed by atoms with van der Waals surface area (Å²) in [7, 11) is 0. The Morgan fingerprint density at radius 3 is 1.40 bits per heavy atom.